The summed E-state index contributed by atoms with van der Waals surface area (Å²) >= 11 is 0. The zero-order valence-corrected chi connectivity index (χ0v) is 11.0. The van der Waals surface area contributed by atoms with Gasteiger partial charge in [-0.05, 0) is 30.3 Å². The quantitative estimate of drug-likeness (QED) is 0.887. The van der Waals surface area contributed by atoms with Crippen LogP contribution in [0, 0.1) is 0 Å². The summed E-state index contributed by atoms with van der Waals surface area (Å²) in [5.74, 6) is -0.121. The first-order valence-corrected chi connectivity index (χ1v) is 5.76. The Bertz CT molecular complexity index is 705. The molecule has 0 fully saturated rings. The van der Waals surface area contributed by atoms with Crippen molar-refractivity contribution in [2.45, 2.75) is 0 Å². The minimum absolute atomic E-state index is 0.310. The number of carboxylic acids is 1. The summed E-state index contributed by atoms with van der Waals surface area (Å²) in [7, 11) is 3.04. The molecule has 6 nitrogen and oxygen atoms in total. The van der Waals surface area contributed by atoms with E-state index in [2.05, 4.69) is 4.98 Å². The van der Waals surface area contributed by atoms with Gasteiger partial charge in [0.2, 0.25) is 0 Å². The Morgan fingerprint density at radius 2 is 1.90 bits per heavy atom. The van der Waals surface area contributed by atoms with Crippen LogP contribution in [0.5, 0.6) is 11.5 Å². The zero-order valence-electron chi connectivity index (χ0n) is 11.0. The van der Waals surface area contributed by atoms with E-state index in [4.69, 9.17) is 14.6 Å². The van der Waals surface area contributed by atoms with E-state index in [0.717, 1.165) is 0 Å². The van der Waals surface area contributed by atoms with Gasteiger partial charge in [0.15, 0.2) is 0 Å². The summed E-state index contributed by atoms with van der Waals surface area (Å²) in [6, 6.07) is 7.91. The summed E-state index contributed by atoms with van der Waals surface area (Å²) in [5, 5.41) is 8.85. The Balaban J connectivity index is 2.59. The third-order valence-corrected chi connectivity index (χ3v) is 2.84. The predicted molar refractivity (Wildman–Crippen MR) is 72.6 cm³/mol. The molecule has 104 valence electrons. The second kappa shape index (κ2) is 5.48. The van der Waals surface area contributed by atoms with Crippen molar-refractivity contribution in [3.63, 3.8) is 0 Å². The van der Waals surface area contributed by atoms with Gasteiger partial charge < -0.3 is 19.6 Å². The minimum atomic E-state index is -1.27. The lowest BCUT2D eigenvalue weighted by Gasteiger charge is -2.10. The summed E-state index contributed by atoms with van der Waals surface area (Å²) in [6.07, 6.45) is 0. The fourth-order valence-electron chi connectivity index (χ4n) is 1.82. The lowest BCUT2D eigenvalue weighted by molar-refractivity contribution is 0.0695. The normalized spacial score (nSPS) is 10.1. The van der Waals surface area contributed by atoms with Crippen LogP contribution < -0.4 is 15.0 Å². The topological polar surface area (TPSA) is 88.6 Å². The lowest BCUT2D eigenvalue weighted by atomic mass is 10.1. The molecule has 0 bridgehead atoms. The lowest BCUT2D eigenvalue weighted by Crippen LogP contribution is -2.17. The number of carboxylic acid groups (broad SMARTS) is 1. The molecule has 0 spiro atoms. The number of hydrogen-bond acceptors (Lipinski definition) is 4. The van der Waals surface area contributed by atoms with Crippen molar-refractivity contribution < 1.29 is 19.4 Å². The smallest absolute Gasteiger partial charge is 0.341 e. The minimum Gasteiger partial charge on any atom is -0.497 e. The first kappa shape index (κ1) is 13.7. The summed E-state index contributed by atoms with van der Waals surface area (Å²) in [6.45, 7) is 0. The van der Waals surface area contributed by atoms with Crippen molar-refractivity contribution >= 4 is 5.97 Å². The van der Waals surface area contributed by atoms with Crippen molar-refractivity contribution in [3.05, 3.63) is 46.2 Å². The van der Waals surface area contributed by atoms with Crippen molar-refractivity contribution in [1.82, 2.24) is 4.98 Å². The van der Waals surface area contributed by atoms with Crippen LogP contribution in [0.2, 0.25) is 0 Å². The van der Waals surface area contributed by atoms with Gasteiger partial charge in [-0.1, -0.05) is 0 Å². The third kappa shape index (κ3) is 2.49. The average molecular weight is 275 g/mol. The second-order valence-electron chi connectivity index (χ2n) is 3.99. The SMILES string of the molecule is COc1ccc(OC)c(-c2ccc(C(=O)O)c(=O)[nH]2)c1. The zero-order chi connectivity index (χ0) is 14.7. The van der Waals surface area contributed by atoms with Crippen molar-refractivity contribution in [2.24, 2.45) is 0 Å². The molecular weight excluding hydrogens is 262 g/mol. The van der Waals surface area contributed by atoms with Crippen LogP contribution in [0.15, 0.2) is 35.1 Å². The van der Waals surface area contributed by atoms with Gasteiger partial charge in [0.25, 0.3) is 5.56 Å². The number of H-pyrrole nitrogens is 1. The number of rotatable bonds is 4. The van der Waals surface area contributed by atoms with Crippen molar-refractivity contribution in [3.8, 4) is 22.8 Å². The van der Waals surface area contributed by atoms with Gasteiger partial charge in [0, 0.05) is 5.56 Å². The van der Waals surface area contributed by atoms with Gasteiger partial charge in [0.1, 0.15) is 17.1 Å². The Hall–Kier alpha value is -2.76. The van der Waals surface area contributed by atoms with E-state index in [1.54, 1.807) is 18.2 Å². The fourth-order valence-corrected chi connectivity index (χ4v) is 1.82. The first-order chi connectivity index (χ1) is 9.56. The highest BCUT2D eigenvalue weighted by Gasteiger charge is 2.12. The maximum Gasteiger partial charge on any atom is 0.341 e. The van der Waals surface area contributed by atoms with Crippen molar-refractivity contribution in [1.29, 1.82) is 0 Å². The van der Waals surface area contributed by atoms with Crippen LogP contribution >= 0.6 is 0 Å². The maximum absolute atomic E-state index is 11.7. The number of benzene rings is 1. The van der Waals surface area contributed by atoms with Crippen LogP contribution in [0.1, 0.15) is 10.4 Å². The van der Waals surface area contributed by atoms with Crippen LogP contribution in [0.3, 0.4) is 0 Å². The van der Waals surface area contributed by atoms with E-state index in [0.29, 0.717) is 22.8 Å². The number of methoxy groups -OCH3 is 2. The monoisotopic (exact) mass is 275 g/mol. The van der Waals surface area contributed by atoms with E-state index in [1.165, 1.54) is 26.4 Å². The molecule has 0 saturated carbocycles. The van der Waals surface area contributed by atoms with E-state index >= 15 is 0 Å². The molecule has 0 aliphatic heterocycles. The standard InChI is InChI=1S/C14H13NO5/c1-19-8-3-6-12(20-2)10(7-8)11-5-4-9(14(17)18)13(16)15-11/h3-7H,1-2H3,(H,15,16)(H,17,18). The third-order valence-electron chi connectivity index (χ3n) is 2.84. The number of aromatic nitrogens is 1. The van der Waals surface area contributed by atoms with E-state index in [9.17, 15) is 9.59 Å². The average Bonchev–Trinajstić information content (AvgIpc) is 2.46. The molecular formula is C14H13NO5. The Morgan fingerprint density at radius 1 is 1.15 bits per heavy atom. The maximum atomic E-state index is 11.7. The molecule has 2 rings (SSSR count). The molecule has 1 aromatic heterocycles. The summed E-state index contributed by atoms with van der Waals surface area (Å²) < 4.78 is 10.3. The Kier molecular flexibility index (Phi) is 3.74. The Labute approximate surface area is 114 Å². The largest absolute Gasteiger partial charge is 0.497 e. The predicted octanol–water partition coefficient (Wildman–Crippen LogP) is 1.76. The highest BCUT2D eigenvalue weighted by Crippen LogP contribution is 2.31. The molecule has 2 N–H and O–H groups in total. The fraction of sp³-hybridized carbons (Fsp3) is 0.143. The summed E-state index contributed by atoms with van der Waals surface area (Å²) in [4.78, 5) is 25.1. The molecule has 0 amide bonds. The van der Waals surface area contributed by atoms with Crippen LogP contribution in [-0.4, -0.2) is 30.3 Å². The number of ether oxygens (including phenoxy) is 2. The van der Waals surface area contributed by atoms with Gasteiger partial charge >= 0.3 is 5.97 Å². The number of nitrogens with one attached hydrogen (secondary N) is 1. The molecule has 2 aromatic rings. The van der Waals surface area contributed by atoms with Crippen LogP contribution in [0.4, 0.5) is 0 Å². The van der Waals surface area contributed by atoms with Gasteiger partial charge in [0.05, 0.1) is 19.9 Å². The van der Waals surface area contributed by atoms with Gasteiger partial charge in [-0.3, -0.25) is 4.79 Å². The van der Waals surface area contributed by atoms with Crippen LogP contribution in [-0.2, 0) is 0 Å². The molecule has 0 aliphatic carbocycles. The number of aromatic amines is 1. The van der Waals surface area contributed by atoms with E-state index in [1.807, 2.05) is 0 Å². The number of aromatic carboxylic acids is 1. The number of pyridine rings is 1. The van der Waals surface area contributed by atoms with E-state index in [-0.39, 0.29) is 5.56 Å². The van der Waals surface area contributed by atoms with Gasteiger partial charge in [-0.2, -0.15) is 0 Å². The summed E-state index contributed by atoms with van der Waals surface area (Å²) in [5.41, 5.74) is 0.0899. The molecule has 0 radical (unpaired) electrons. The second-order valence-corrected chi connectivity index (χ2v) is 3.99. The molecule has 6 heteroatoms. The molecule has 0 unspecified atom stereocenters. The molecule has 1 heterocycles. The molecule has 0 atom stereocenters. The van der Waals surface area contributed by atoms with E-state index < -0.39 is 11.5 Å². The van der Waals surface area contributed by atoms with Crippen molar-refractivity contribution in [2.75, 3.05) is 14.2 Å². The molecule has 1 aromatic carbocycles. The highest BCUT2D eigenvalue weighted by atomic mass is 16.5. The highest BCUT2D eigenvalue weighted by molar-refractivity contribution is 5.87. The van der Waals surface area contributed by atoms with Gasteiger partial charge in [-0.25, -0.2) is 4.79 Å². The van der Waals surface area contributed by atoms with Gasteiger partial charge in [-0.15, -0.1) is 0 Å². The number of hydrogen-bond donors (Lipinski definition) is 2. The van der Waals surface area contributed by atoms with Crippen LogP contribution in [0.25, 0.3) is 11.3 Å². The molecule has 0 saturated heterocycles. The Morgan fingerprint density at radius 3 is 2.45 bits per heavy atom. The first-order valence-electron chi connectivity index (χ1n) is 5.76. The molecule has 0 aliphatic rings. The molecule has 20 heavy (non-hydrogen) atoms. The number of carbonyl (C=O) groups is 1.